The third kappa shape index (κ3) is 4.29. The lowest BCUT2D eigenvalue weighted by atomic mass is 10.2. The number of amides is 1. The molecule has 6 heteroatoms. The van der Waals surface area contributed by atoms with Crippen LogP contribution in [0.25, 0.3) is 0 Å². The van der Waals surface area contributed by atoms with Crippen molar-refractivity contribution in [1.29, 1.82) is 0 Å². The first-order chi connectivity index (χ1) is 11.0. The number of ether oxygens (including phenoxy) is 1. The molecule has 1 heterocycles. The molecule has 0 aliphatic rings. The highest BCUT2D eigenvalue weighted by atomic mass is 16.5. The van der Waals surface area contributed by atoms with Gasteiger partial charge < -0.3 is 14.7 Å². The van der Waals surface area contributed by atoms with Crippen LogP contribution in [-0.2, 0) is 0 Å². The first kappa shape index (κ1) is 16.5. The molecule has 120 valence electrons. The van der Waals surface area contributed by atoms with Crippen LogP contribution in [0.5, 0.6) is 5.75 Å². The Hall–Kier alpha value is -2.89. The van der Waals surface area contributed by atoms with Crippen molar-refractivity contribution >= 4 is 11.9 Å². The van der Waals surface area contributed by atoms with Gasteiger partial charge in [-0.25, -0.2) is 9.78 Å². The van der Waals surface area contributed by atoms with Gasteiger partial charge in [-0.15, -0.1) is 0 Å². The molecular formula is C17H18N2O4. The molecule has 0 aliphatic heterocycles. The van der Waals surface area contributed by atoms with E-state index in [2.05, 4.69) is 4.98 Å². The lowest BCUT2D eigenvalue weighted by Gasteiger charge is -2.18. The summed E-state index contributed by atoms with van der Waals surface area (Å²) in [6, 6.07) is 10.4. The lowest BCUT2D eigenvalue weighted by molar-refractivity contribution is 0.0690. The number of carbonyl (C=O) groups excluding carboxylic acids is 1. The average molecular weight is 314 g/mol. The number of nitrogens with zero attached hydrogens (tertiary/aromatic N) is 2. The standard InChI is InChI=1S/C17H18N2O4/c1-12-5-3-4-6-15(12)23-10-9-19(2)16(20)13-7-8-18-14(11-13)17(21)22/h3-8,11H,9-10H2,1-2H3,(H,21,22). The summed E-state index contributed by atoms with van der Waals surface area (Å²) in [6.45, 7) is 2.69. The Morgan fingerprint density at radius 3 is 2.70 bits per heavy atom. The van der Waals surface area contributed by atoms with Crippen LogP contribution in [0.3, 0.4) is 0 Å². The fraction of sp³-hybridized carbons (Fsp3) is 0.235. The maximum atomic E-state index is 12.3. The van der Waals surface area contributed by atoms with Gasteiger partial charge in [0, 0.05) is 18.8 Å². The molecule has 1 amide bonds. The topological polar surface area (TPSA) is 79.7 Å². The monoisotopic (exact) mass is 314 g/mol. The number of carboxylic acid groups (broad SMARTS) is 1. The Morgan fingerprint density at radius 2 is 2.00 bits per heavy atom. The van der Waals surface area contributed by atoms with E-state index in [0.29, 0.717) is 13.2 Å². The molecule has 23 heavy (non-hydrogen) atoms. The van der Waals surface area contributed by atoms with Crippen LogP contribution < -0.4 is 4.74 Å². The Bertz CT molecular complexity index is 715. The van der Waals surface area contributed by atoms with Crippen LogP contribution in [0.1, 0.15) is 26.4 Å². The zero-order valence-corrected chi connectivity index (χ0v) is 13.0. The fourth-order valence-corrected chi connectivity index (χ4v) is 2.01. The van der Waals surface area contributed by atoms with E-state index in [1.54, 1.807) is 7.05 Å². The van der Waals surface area contributed by atoms with E-state index in [1.807, 2.05) is 31.2 Å². The SMILES string of the molecule is Cc1ccccc1OCCN(C)C(=O)c1ccnc(C(=O)O)c1. The van der Waals surface area contributed by atoms with Gasteiger partial charge in [-0.2, -0.15) is 0 Å². The van der Waals surface area contributed by atoms with Gasteiger partial charge in [0.2, 0.25) is 0 Å². The predicted molar refractivity (Wildman–Crippen MR) is 84.8 cm³/mol. The van der Waals surface area contributed by atoms with Crippen LogP contribution >= 0.6 is 0 Å². The molecule has 0 atom stereocenters. The van der Waals surface area contributed by atoms with E-state index in [1.165, 1.54) is 23.2 Å². The highest BCUT2D eigenvalue weighted by Gasteiger charge is 2.14. The van der Waals surface area contributed by atoms with Crippen molar-refractivity contribution < 1.29 is 19.4 Å². The van der Waals surface area contributed by atoms with Gasteiger partial charge in [-0.05, 0) is 30.7 Å². The summed E-state index contributed by atoms with van der Waals surface area (Å²) in [7, 11) is 1.64. The number of aromatic nitrogens is 1. The Balaban J connectivity index is 1.94. The van der Waals surface area contributed by atoms with E-state index < -0.39 is 5.97 Å². The quantitative estimate of drug-likeness (QED) is 0.884. The van der Waals surface area contributed by atoms with Crippen LogP contribution in [0.4, 0.5) is 0 Å². The molecule has 1 aromatic heterocycles. The lowest BCUT2D eigenvalue weighted by Crippen LogP contribution is -2.31. The molecule has 6 nitrogen and oxygen atoms in total. The molecule has 0 aliphatic carbocycles. The van der Waals surface area contributed by atoms with Gasteiger partial charge in [-0.3, -0.25) is 4.79 Å². The van der Waals surface area contributed by atoms with Crippen molar-refractivity contribution in [3.05, 3.63) is 59.4 Å². The van der Waals surface area contributed by atoms with Gasteiger partial charge in [0.05, 0.1) is 6.54 Å². The largest absolute Gasteiger partial charge is 0.491 e. The Labute approximate surface area is 134 Å². The zero-order chi connectivity index (χ0) is 16.8. The van der Waals surface area contributed by atoms with Crippen LogP contribution in [0.2, 0.25) is 0 Å². The molecule has 2 rings (SSSR count). The molecule has 0 saturated heterocycles. The summed E-state index contributed by atoms with van der Waals surface area (Å²) in [5.41, 5.74) is 1.16. The number of hydrogen-bond acceptors (Lipinski definition) is 4. The molecule has 0 saturated carbocycles. The molecule has 2 aromatic rings. The van der Waals surface area contributed by atoms with Crippen molar-refractivity contribution in [2.45, 2.75) is 6.92 Å². The van der Waals surface area contributed by atoms with Gasteiger partial charge >= 0.3 is 5.97 Å². The van der Waals surface area contributed by atoms with Crippen molar-refractivity contribution in [3.63, 3.8) is 0 Å². The number of carboxylic acids is 1. The van der Waals surface area contributed by atoms with Gasteiger partial charge in [0.15, 0.2) is 0 Å². The number of hydrogen-bond donors (Lipinski definition) is 1. The maximum Gasteiger partial charge on any atom is 0.354 e. The van der Waals surface area contributed by atoms with E-state index in [9.17, 15) is 9.59 Å². The highest BCUT2D eigenvalue weighted by molar-refractivity contribution is 5.96. The second kappa shape index (κ2) is 7.40. The number of aryl methyl sites for hydroxylation is 1. The third-order valence-electron chi connectivity index (χ3n) is 3.35. The Kier molecular flexibility index (Phi) is 5.30. The van der Waals surface area contributed by atoms with Crippen LogP contribution in [0.15, 0.2) is 42.6 Å². The molecule has 0 bridgehead atoms. The summed E-state index contributed by atoms with van der Waals surface area (Å²) < 4.78 is 5.66. The minimum atomic E-state index is -1.16. The van der Waals surface area contributed by atoms with Gasteiger partial charge in [0.1, 0.15) is 18.1 Å². The second-order valence-electron chi connectivity index (χ2n) is 5.08. The maximum absolute atomic E-state index is 12.3. The summed E-state index contributed by atoms with van der Waals surface area (Å²) >= 11 is 0. The molecule has 0 fully saturated rings. The number of carbonyl (C=O) groups is 2. The normalized spacial score (nSPS) is 10.2. The molecule has 0 unspecified atom stereocenters. The van der Waals surface area contributed by atoms with Gasteiger partial charge in [0.25, 0.3) is 5.91 Å². The Morgan fingerprint density at radius 1 is 1.26 bits per heavy atom. The van der Waals surface area contributed by atoms with Crippen LogP contribution in [0, 0.1) is 6.92 Å². The van der Waals surface area contributed by atoms with Crippen molar-refractivity contribution in [1.82, 2.24) is 9.88 Å². The molecule has 1 aromatic carbocycles. The van der Waals surface area contributed by atoms with E-state index in [-0.39, 0.29) is 17.2 Å². The first-order valence-corrected chi connectivity index (χ1v) is 7.12. The number of pyridine rings is 1. The van der Waals surface area contributed by atoms with E-state index in [4.69, 9.17) is 9.84 Å². The number of rotatable bonds is 6. The van der Waals surface area contributed by atoms with Crippen molar-refractivity contribution in [2.75, 3.05) is 20.2 Å². The van der Waals surface area contributed by atoms with Gasteiger partial charge in [-0.1, -0.05) is 18.2 Å². The average Bonchev–Trinajstić information content (AvgIpc) is 2.56. The minimum absolute atomic E-state index is 0.152. The highest BCUT2D eigenvalue weighted by Crippen LogP contribution is 2.16. The minimum Gasteiger partial charge on any atom is -0.491 e. The summed E-state index contributed by atoms with van der Waals surface area (Å²) in [4.78, 5) is 28.4. The second-order valence-corrected chi connectivity index (χ2v) is 5.08. The predicted octanol–water partition coefficient (Wildman–Crippen LogP) is 2.24. The smallest absolute Gasteiger partial charge is 0.354 e. The summed E-state index contributed by atoms with van der Waals surface area (Å²) in [5, 5.41) is 8.92. The zero-order valence-electron chi connectivity index (χ0n) is 13.0. The molecule has 0 spiro atoms. The number of aromatic carboxylic acids is 1. The summed E-state index contributed by atoms with van der Waals surface area (Å²) in [5.74, 6) is -0.654. The number of likely N-dealkylation sites (N-methyl/N-ethyl adjacent to an activating group) is 1. The van der Waals surface area contributed by atoms with E-state index >= 15 is 0 Å². The summed E-state index contributed by atoms with van der Waals surface area (Å²) in [6.07, 6.45) is 1.31. The van der Waals surface area contributed by atoms with E-state index in [0.717, 1.165) is 11.3 Å². The first-order valence-electron chi connectivity index (χ1n) is 7.12. The number of para-hydroxylation sites is 1. The molecule has 0 radical (unpaired) electrons. The number of benzene rings is 1. The fourth-order valence-electron chi connectivity index (χ4n) is 2.01. The third-order valence-corrected chi connectivity index (χ3v) is 3.35. The molecular weight excluding hydrogens is 296 g/mol. The molecule has 1 N–H and O–H groups in total. The van der Waals surface area contributed by atoms with Crippen molar-refractivity contribution in [2.24, 2.45) is 0 Å². The van der Waals surface area contributed by atoms with Crippen LogP contribution in [-0.4, -0.2) is 47.1 Å². The van der Waals surface area contributed by atoms with Crippen molar-refractivity contribution in [3.8, 4) is 5.75 Å².